The van der Waals surface area contributed by atoms with Crippen LogP contribution in [0.2, 0.25) is 18.1 Å². The first kappa shape index (κ1) is 14.3. The zero-order valence-electron chi connectivity index (χ0n) is 11.9. The van der Waals surface area contributed by atoms with Gasteiger partial charge in [-0.05, 0) is 42.8 Å². The van der Waals surface area contributed by atoms with Crippen molar-refractivity contribution in [2.45, 2.75) is 51.9 Å². The predicted octanol–water partition coefficient (Wildman–Crippen LogP) is 4.35. The van der Waals surface area contributed by atoms with E-state index in [1.807, 2.05) is 18.2 Å². The number of hydrogen-bond donors (Lipinski definition) is 1. The van der Waals surface area contributed by atoms with Gasteiger partial charge in [0.1, 0.15) is 0 Å². The summed E-state index contributed by atoms with van der Waals surface area (Å²) in [6.45, 7) is 13.4. The summed E-state index contributed by atoms with van der Waals surface area (Å²) in [5.41, 5.74) is 7.76. The van der Waals surface area contributed by atoms with Crippen LogP contribution < -0.4 is 5.73 Å². The normalized spacial score (nSPS) is 14.7. The average molecular weight is 251 g/mol. The van der Waals surface area contributed by atoms with Gasteiger partial charge >= 0.3 is 0 Å². The molecular weight excluding hydrogens is 226 g/mol. The van der Waals surface area contributed by atoms with Gasteiger partial charge in [0.25, 0.3) is 0 Å². The highest BCUT2D eigenvalue weighted by molar-refractivity contribution is 6.74. The number of nitrogen functional groups attached to an aromatic ring is 1. The molecular formula is C14H25NOSi. The van der Waals surface area contributed by atoms with Crippen molar-refractivity contribution in [3.63, 3.8) is 0 Å². The van der Waals surface area contributed by atoms with Gasteiger partial charge in [0.15, 0.2) is 8.32 Å². The van der Waals surface area contributed by atoms with Crippen molar-refractivity contribution < 1.29 is 4.43 Å². The molecule has 0 heterocycles. The third kappa shape index (κ3) is 3.58. The van der Waals surface area contributed by atoms with Crippen LogP contribution in [0.25, 0.3) is 0 Å². The molecule has 0 aromatic heterocycles. The minimum Gasteiger partial charge on any atom is -0.410 e. The van der Waals surface area contributed by atoms with Gasteiger partial charge in [-0.2, -0.15) is 0 Å². The Labute approximate surface area is 106 Å². The number of hydrogen-bond acceptors (Lipinski definition) is 2. The Kier molecular flexibility index (Phi) is 4.05. The van der Waals surface area contributed by atoms with Crippen molar-refractivity contribution in [1.82, 2.24) is 0 Å². The summed E-state index contributed by atoms with van der Waals surface area (Å²) in [6.07, 6.45) is 0.111. The van der Waals surface area contributed by atoms with Crippen LogP contribution in [0, 0.1) is 0 Å². The molecule has 0 amide bonds. The van der Waals surface area contributed by atoms with Crippen LogP contribution in [0.15, 0.2) is 24.3 Å². The van der Waals surface area contributed by atoms with E-state index in [0.717, 1.165) is 11.3 Å². The van der Waals surface area contributed by atoms with Gasteiger partial charge in [0, 0.05) is 5.69 Å². The molecule has 0 aliphatic rings. The predicted molar refractivity (Wildman–Crippen MR) is 77.6 cm³/mol. The van der Waals surface area contributed by atoms with E-state index in [-0.39, 0.29) is 11.1 Å². The first-order valence-electron chi connectivity index (χ1n) is 6.17. The second kappa shape index (κ2) is 4.82. The fourth-order valence-corrected chi connectivity index (χ4v) is 2.87. The summed E-state index contributed by atoms with van der Waals surface area (Å²) >= 11 is 0. The van der Waals surface area contributed by atoms with Gasteiger partial charge in [0.2, 0.25) is 0 Å². The van der Waals surface area contributed by atoms with E-state index in [1.165, 1.54) is 0 Å². The summed E-state index contributed by atoms with van der Waals surface area (Å²) < 4.78 is 6.33. The lowest BCUT2D eigenvalue weighted by Gasteiger charge is -2.38. The Morgan fingerprint density at radius 3 is 2.29 bits per heavy atom. The highest BCUT2D eigenvalue weighted by Gasteiger charge is 2.38. The third-order valence-corrected chi connectivity index (χ3v) is 8.21. The Balaban J connectivity index is 2.83. The van der Waals surface area contributed by atoms with E-state index in [0.29, 0.717) is 0 Å². The SMILES string of the molecule is CC(O[Si](C)(C)C(C)(C)C)c1cccc(N)c1. The maximum atomic E-state index is 6.33. The highest BCUT2D eigenvalue weighted by Crippen LogP contribution is 2.39. The smallest absolute Gasteiger partial charge is 0.192 e. The summed E-state index contributed by atoms with van der Waals surface area (Å²) in [5, 5.41) is 0.238. The monoisotopic (exact) mass is 251 g/mol. The molecule has 0 radical (unpaired) electrons. The average Bonchev–Trinajstić information content (AvgIpc) is 2.15. The van der Waals surface area contributed by atoms with Crippen molar-refractivity contribution >= 4 is 14.0 Å². The van der Waals surface area contributed by atoms with Gasteiger partial charge in [-0.15, -0.1) is 0 Å². The summed E-state index contributed by atoms with van der Waals surface area (Å²) in [6, 6.07) is 7.96. The summed E-state index contributed by atoms with van der Waals surface area (Å²) in [4.78, 5) is 0. The van der Waals surface area contributed by atoms with Crippen LogP contribution in [-0.2, 0) is 4.43 Å². The number of anilines is 1. The molecule has 0 saturated heterocycles. The Morgan fingerprint density at radius 2 is 1.82 bits per heavy atom. The van der Waals surface area contributed by atoms with E-state index in [2.05, 4.69) is 46.9 Å². The van der Waals surface area contributed by atoms with Crippen LogP contribution in [0.4, 0.5) is 5.69 Å². The minimum absolute atomic E-state index is 0.111. The molecule has 0 aliphatic heterocycles. The molecule has 1 aromatic rings. The summed E-state index contributed by atoms with van der Waals surface area (Å²) in [5.74, 6) is 0. The lowest BCUT2D eigenvalue weighted by atomic mass is 10.1. The number of rotatable bonds is 3. The van der Waals surface area contributed by atoms with Crippen molar-refractivity contribution in [2.24, 2.45) is 0 Å². The number of nitrogens with two attached hydrogens (primary N) is 1. The van der Waals surface area contributed by atoms with Crippen LogP contribution in [0.3, 0.4) is 0 Å². The zero-order chi connectivity index (χ0) is 13.3. The summed E-state index contributed by atoms with van der Waals surface area (Å²) in [7, 11) is -1.71. The van der Waals surface area contributed by atoms with Gasteiger partial charge in [-0.25, -0.2) is 0 Å². The lowest BCUT2D eigenvalue weighted by molar-refractivity contribution is 0.203. The van der Waals surface area contributed by atoms with Gasteiger partial charge < -0.3 is 10.2 Å². The van der Waals surface area contributed by atoms with Crippen LogP contribution in [0.1, 0.15) is 39.4 Å². The van der Waals surface area contributed by atoms with Crippen molar-refractivity contribution in [3.8, 4) is 0 Å². The molecule has 96 valence electrons. The largest absolute Gasteiger partial charge is 0.410 e. The Bertz CT molecular complexity index is 382. The second-order valence-electron chi connectivity index (χ2n) is 6.19. The van der Waals surface area contributed by atoms with Crippen molar-refractivity contribution in [3.05, 3.63) is 29.8 Å². The topological polar surface area (TPSA) is 35.2 Å². The van der Waals surface area contributed by atoms with Crippen LogP contribution >= 0.6 is 0 Å². The van der Waals surface area contributed by atoms with E-state index < -0.39 is 8.32 Å². The first-order valence-corrected chi connectivity index (χ1v) is 9.07. The minimum atomic E-state index is -1.71. The first-order chi connectivity index (χ1) is 7.63. The molecule has 3 heteroatoms. The van der Waals surface area contributed by atoms with E-state index >= 15 is 0 Å². The molecule has 0 spiro atoms. The molecule has 0 saturated carbocycles. The molecule has 0 bridgehead atoms. The molecule has 0 aliphatic carbocycles. The molecule has 2 nitrogen and oxygen atoms in total. The molecule has 1 atom stereocenters. The molecule has 2 N–H and O–H groups in total. The quantitative estimate of drug-likeness (QED) is 0.640. The van der Waals surface area contributed by atoms with Crippen molar-refractivity contribution in [2.75, 3.05) is 5.73 Å². The third-order valence-electron chi connectivity index (χ3n) is 3.66. The molecule has 1 unspecified atom stereocenters. The van der Waals surface area contributed by atoms with Gasteiger partial charge in [-0.3, -0.25) is 0 Å². The van der Waals surface area contributed by atoms with E-state index in [9.17, 15) is 0 Å². The Hall–Kier alpha value is -0.803. The standard InChI is InChI=1S/C14H25NOSi/c1-11(12-8-7-9-13(15)10-12)16-17(5,6)14(2,3)4/h7-11H,15H2,1-6H3. The van der Waals surface area contributed by atoms with Gasteiger partial charge in [0.05, 0.1) is 6.10 Å². The fourth-order valence-electron chi connectivity index (χ4n) is 1.50. The fraction of sp³-hybridized carbons (Fsp3) is 0.571. The van der Waals surface area contributed by atoms with Crippen LogP contribution in [-0.4, -0.2) is 8.32 Å². The van der Waals surface area contributed by atoms with Crippen LogP contribution in [0.5, 0.6) is 0 Å². The molecule has 0 fully saturated rings. The van der Waals surface area contributed by atoms with E-state index in [4.69, 9.17) is 10.2 Å². The van der Waals surface area contributed by atoms with E-state index in [1.54, 1.807) is 0 Å². The maximum Gasteiger partial charge on any atom is 0.192 e. The number of benzene rings is 1. The van der Waals surface area contributed by atoms with Gasteiger partial charge in [-0.1, -0.05) is 32.9 Å². The molecule has 1 aromatic carbocycles. The lowest BCUT2D eigenvalue weighted by Crippen LogP contribution is -2.41. The Morgan fingerprint density at radius 1 is 1.24 bits per heavy atom. The van der Waals surface area contributed by atoms with Crippen molar-refractivity contribution in [1.29, 1.82) is 0 Å². The highest BCUT2D eigenvalue weighted by atomic mass is 28.4. The molecule has 17 heavy (non-hydrogen) atoms. The molecule has 1 rings (SSSR count). The zero-order valence-corrected chi connectivity index (χ0v) is 12.9. The maximum absolute atomic E-state index is 6.33. The second-order valence-corrected chi connectivity index (χ2v) is 10.9.